The first-order chi connectivity index (χ1) is 10.6. The minimum Gasteiger partial charge on any atom is -0.508 e. The molecule has 1 saturated heterocycles. The molecule has 2 rings (SSSR count). The second-order valence-electron chi connectivity index (χ2n) is 5.21. The molecule has 7 N–H and O–H groups in total. The highest BCUT2D eigenvalue weighted by Crippen LogP contribution is 2.18. The molecule has 8 heteroatoms. The van der Waals surface area contributed by atoms with Crippen LogP contribution in [0.1, 0.15) is 11.6 Å². The third-order valence-corrected chi connectivity index (χ3v) is 3.87. The molecule has 120 valence electrons. The Labute approximate surface area is 129 Å². The van der Waals surface area contributed by atoms with Crippen LogP contribution in [0.3, 0.4) is 0 Å². The quantitative estimate of drug-likeness (QED) is 0.269. The monoisotopic (exact) mass is 306 g/mol. The van der Waals surface area contributed by atoms with E-state index in [1.165, 1.54) is 18.3 Å². The average molecular weight is 306 g/mol. The van der Waals surface area contributed by atoms with Crippen LogP contribution < -0.4 is 17.0 Å². The molecule has 22 heavy (non-hydrogen) atoms. The fourth-order valence-corrected chi connectivity index (χ4v) is 2.50. The first kappa shape index (κ1) is 16.4. The number of amides is 1. The van der Waals surface area contributed by atoms with Crippen molar-refractivity contribution in [1.29, 1.82) is 5.41 Å². The van der Waals surface area contributed by atoms with E-state index in [0.717, 1.165) is 0 Å². The van der Waals surface area contributed by atoms with E-state index in [2.05, 4.69) is 5.43 Å². The Balaban J connectivity index is 1.94. The summed E-state index contributed by atoms with van der Waals surface area (Å²) in [6.45, 7) is 2.32. The minimum atomic E-state index is -0.738. The second-order valence-corrected chi connectivity index (χ2v) is 5.21. The lowest BCUT2D eigenvalue weighted by Gasteiger charge is -2.38. The van der Waals surface area contributed by atoms with Gasteiger partial charge in [-0.3, -0.25) is 15.5 Å². The zero-order valence-electron chi connectivity index (χ0n) is 12.3. The topological polar surface area (TPSA) is 132 Å². The minimum absolute atomic E-state index is 0.141. The largest absolute Gasteiger partial charge is 0.508 e. The zero-order chi connectivity index (χ0) is 16.1. The average Bonchev–Trinajstić information content (AvgIpc) is 2.56. The Bertz CT molecular complexity index is 513. The van der Waals surface area contributed by atoms with E-state index in [1.807, 2.05) is 4.90 Å². The molecule has 1 aromatic rings. The van der Waals surface area contributed by atoms with Gasteiger partial charge in [0.25, 0.3) is 0 Å². The van der Waals surface area contributed by atoms with Gasteiger partial charge in [-0.2, -0.15) is 0 Å². The van der Waals surface area contributed by atoms with Gasteiger partial charge in [0.05, 0.1) is 0 Å². The van der Waals surface area contributed by atoms with Crippen LogP contribution in [0.4, 0.5) is 0 Å². The number of hydrazine groups is 1. The van der Waals surface area contributed by atoms with Crippen molar-refractivity contribution in [2.45, 2.75) is 12.2 Å². The standard InChI is InChI=1S/C14H22N6O2/c15-9-12(18-17)19-5-7-20(8-6-19)14(22)13(16)10-1-3-11(21)4-2-10/h1-4,9,12-13,15,18,21H,5-8,16-17H2. The molecule has 1 aliphatic rings. The maximum absolute atomic E-state index is 12.4. The summed E-state index contributed by atoms with van der Waals surface area (Å²) in [6.07, 6.45) is 0.919. The molecule has 8 nitrogen and oxygen atoms in total. The Morgan fingerprint density at radius 1 is 1.27 bits per heavy atom. The molecule has 2 unspecified atom stereocenters. The lowest BCUT2D eigenvalue weighted by Crippen LogP contribution is -2.58. The summed E-state index contributed by atoms with van der Waals surface area (Å²) < 4.78 is 0. The van der Waals surface area contributed by atoms with Gasteiger partial charge >= 0.3 is 0 Å². The van der Waals surface area contributed by atoms with Gasteiger partial charge in [-0.1, -0.05) is 12.1 Å². The van der Waals surface area contributed by atoms with Gasteiger partial charge in [0.1, 0.15) is 18.0 Å². The van der Waals surface area contributed by atoms with Crippen LogP contribution in [0.5, 0.6) is 5.75 Å². The summed E-state index contributed by atoms with van der Waals surface area (Å²) in [5, 5.41) is 16.6. The molecule has 1 heterocycles. The Morgan fingerprint density at radius 3 is 2.36 bits per heavy atom. The van der Waals surface area contributed by atoms with Crippen LogP contribution in [0.2, 0.25) is 0 Å². The Kier molecular flexibility index (Phi) is 5.45. The lowest BCUT2D eigenvalue weighted by molar-refractivity contribution is -0.134. The molecule has 1 aliphatic heterocycles. The number of aromatic hydroxyl groups is 1. The van der Waals surface area contributed by atoms with Crippen molar-refractivity contribution in [3.05, 3.63) is 29.8 Å². The SMILES string of the molecule is N=CC(NN)N1CCN(C(=O)C(N)c2ccc(O)cc2)CC1. The van der Waals surface area contributed by atoms with Crippen LogP contribution in [0.25, 0.3) is 0 Å². The molecule has 0 spiro atoms. The number of phenolic OH excluding ortho intramolecular Hbond substituents is 1. The number of hydrogen-bond acceptors (Lipinski definition) is 7. The zero-order valence-corrected chi connectivity index (χ0v) is 12.3. The second kappa shape index (κ2) is 7.32. The maximum Gasteiger partial charge on any atom is 0.244 e. The lowest BCUT2D eigenvalue weighted by atomic mass is 10.1. The van der Waals surface area contributed by atoms with Gasteiger partial charge in [-0.25, -0.2) is 5.43 Å². The summed E-state index contributed by atoms with van der Waals surface area (Å²) in [7, 11) is 0. The van der Waals surface area contributed by atoms with Gasteiger partial charge in [0.15, 0.2) is 0 Å². The van der Waals surface area contributed by atoms with E-state index >= 15 is 0 Å². The van der Waals surface area contributed by atoms with Gasteiger partial charge in [0, 0.05) is 32.4 Å². The van der Waals surface area contributed by atoms with Crippen molar-refractivity contribution in [3.8, 4) is 5.75 Å². The van der Waals surface area contributed by atoms with Crippen LogP contribution >= 0.6 is 0 Å². The fraction of sp³-hybridized carbons (Fsp3) is 0.429. The first-order valence-corrected chi connectivity index (χ1v) is 7.11. The third kappa shape index (κ3) is 3.60. The predicted octanol–water partition coefficient (Wildman–Crippen LogP) is -1.02. The Morgan fingerprint density at radius 2 is 1.86 bits per heavy atom. The molecule has 1 amide bonds. The molecule has 0 aromatic heterocycles. The van der Waals surface area contributed by atoms with Crippen molar-refractivity contribution >= 4 is 12.1 Å². The van der Waals surface area contributed by atoms with E-state index < -0.39 is 6.04 Å². The van der Waals surface area contributed by atoms with Crippen molar-refractivity contribution in [2.24, 2.45) is 11.6 Å². The van der Waals surface area contributed by atoms with Crippen molar-refractivity contribution < 1.29 is 9.90 Å². The van der Waals surface area contributed by atoms with Crippen LogP contribution in [0, 0.1) is 5.41 Å². The summed E-state index contributed by atoms with van der Waals surface area (Å²) in [4.78, 5) is 16.1. The number of nitrogens with two attached hydrogens (primary N) is 2. The number of nitrogens with one attached hydrogen (secondary N) is 2. The van der Waals surface area contributed by atoms with Crippen LogP contribution in [-0.2, 0) is 4.79 Å². The number of carbonyl (C=O) groups excluding carboxylic acids is 1. The van der Waals surface area contributed by atoms with Crippen molar-refractivity contribution in [2.75, 3.05) is 26.2 Å². The normalized spacial score (nSPS) is 18.7. The van der Waals surface area contributed by atoms with E-state index in [1.54, 1.807) is 17.0 Å². The molecule has 0 saturated carbocycles. The van der Waals surface area contributed by atoms with Crippen molar-refractivity contribution in [1.82, 2.24) is 15.2 Å². The fourth-order valence-electron chi connectivity index (χ4n) is 2.50. The molecular formula is C14H22N6O2. The van der Waals surface area contributed by atoms with E-state index in [9.17, 15) is 9.90 Å². The van der Waals surface area contributed by atoms with E-state index in [-0.39, 0.29) is 17.8 Å². The highest BCUT2D eigenvalue weighted by atomic mass is 16.3. The number of rotatable bonds is 5. The molecule has 0 radical (unpaired) electrons. The number of nitrogens with zero attached hydrogens (tertiary/aromatic N) is 2. The number of benzene rings is 1. The van der Waals surface area contributed by atoms with Crippen LogP contribution in [-0.4, -0.2) is 59.4 Å². The molecule has 1 aromatic carbocycles. The number of piperazine rings is 1. The number of carbonyl (C=O) groups is 1. The van der Waals surface area contributed by atoms with Gasteiger partial charge < -0.3 is 21.1 Å². The number of hydrogen-bond donors (Lipinski definition) is 5. The predicted molar refractivity (Wildman–Crippen MR) is 83.1 cm³/mol. The summed E-state index contributed by atoms with van der Waals surface area (Å²) >= 11 is 0. The molecular weight excluding hydrogens is 284 g/mol. The molecule has 0 bridgehead atoms. The third-order valence-electron chi connectivity index (χ3n) is 3.87. The van der Waals surface area contributed by atoms with Crippen LogP contribution in [0.15, 0.2) is 24.3 Å². The number of phenols is 1. The van der Waals surface area contributed by atoms with E-state index in [4.69, 9.17) is 17.0 Å². The van der Waals surface area contributed by atoms with Gasteiger partial charge in [0.2, 0.25) is 5.91 Å². The summed E-state index contributed by atoms with van der Waals surface area (Å²) in [5.41, 5.74) is 9.23. The highest BCUT2D eigenvalue weighted by Gasteiger charge is 2.28. The molecule has 1 fully saturated rings. The maximum atomic E-state index is 12.4. The summed E-state index contributed by atoms with van der Waals surface area (Å²) in [5.74, 6) is 5.38. The smallest absolute Gasteiger partial charge is 0.244 e. The van der Waals surface area contributed by atoms with Gasteiger partial charge in [-0.15, -0.1) is 0 Å². The first-order valence-electron chi connectivity index (χ1n) is 7.11. The molecule has 0 aliphatic carbocycles. The van der Waals surface area contributed by atoms with E-state index in [0.29, 0.717) is 31.7 Å². The molecule has 2 atom stereocenters. The summed E-state index contributed by atoms with van der Waals surface area (Å²) in [6, 6.07) is 5.59. The van der Waals surface area contributed by atoms with Gasteiger partial charge in [-0.05, 0) is 17.7 Å². The Hall–Kier alpha value is -2.00. The van der Waals surface area contributed by atoms with Crippen molar-refractivity contribution in [3.63, 3.8) is 0 Å². The highest BCUT2D eigenvalue weighted by molar-refractivity contribution is 5.83.